The van der Waals surface area contributed by atoms with Gasteiger partial charge in [-0.1, -0.05) is 54.7 Å². The number of aliphatic carboxylic acids is 1. The molecule has 1 aliphatic carbocycles. The number of carbonyl (C=O) groups is 3. The van der Waals surface area contributed by atoms with Crippen molar-refractivity contribution < 1.29 is 23.9 Å². The molecule has 1 N–H and O–H groups in total. The number of pyridine rings is 1. The Morgan fingerprint density at radius 1 is 1.23 bits per heavy atom. The molecule has 8 nitrogen and oxygen atoms in total. The molecule has 0 unspecified atom stereocenters. The number of fused-ring (bicyclic) bond motifs is 1. The van der Waals surface area contributed by atoms with Crippen molar-refractivity contribution in [2.75, 3.05) is 23.9 Å². The largest absolute Gasteiger partial charge is 0.481 e. The number of amides is 2. The minimum absolute atomic E-state index is 0.00417. The number of hydrogen-bond donors (Lipinski definition) is 1. The molecule has 2 amide bonds. The normalized spacial score (nSPS) is 16.2. The molecule has 1 saturated carbocycles. The summed E-state index contributed by atoms with van der Waals surface area (Å²) in [6.07, 6.45) is 6.97. The lowest BCUT2D eigenvalue weighted by atomic mass is 9.90. The van der Waals surface area contributed by atoms with Crippen molar-refractivity contribution in [3.8, 4) is 22.4 Å². The minimum Gasteiger partial charge on any atom is -0.481 e. The second kappa shape index (κ2) is 11.6. The first kappa shape index (κ1) is 28.2. The van der Waals surface area contributed by atoms with Gasteiger partial charge in [-0.3, -0.25) is 24.2 Å². The van der Waals surface area contributed by atoms with Crippen LogP contribution in [0.3, 0.4) is 0 Å². The Bertz CT molecular complexity index is 1470. The molecule has 2 aliphatic rings. The summed E-state index contributed by atoms with van der Waals surface area (Å²) in [4.78, 5) is 48.8. The highest BCUT2D eigenvalue weighted by Gasteiger charge is 2.32. The zero-order chi connectivity index (χ0) is 28.6. The van der Waals surface area contributed by atoms with Gasteiger partial charge in [-0.2, -0.15) is 4.39 Å². The van der Waals surface area contributed by atoms with E-state index < -0.39 is 17.0 Å². The highest BCUT2D eigenvalue weighted by molar-refractivity contribution is 7.14. The number of aromatic nitrogens is 2. The highest BCUT2D eigenvalue weighted by atomic mass is 35.5. The smallest absolute Gasteiger partial charge is 0.304 e. The van der Waals surface area contributed by atoms with Crippen LogP contribution < -0.4 is 9.80 Å². The fourth-order valence-corrected chi connectivity index (χ4v) is 6.68. The summed E-state index contributed by atoms with van der Waals surface area (Å²) in [5.74, 6) is -1.18. The molecule has 11 heteroatoms. The molecule has 210 valence electrons. The average molecular weight is 585 g/mol. The number of benzene rings is 1. The van der Waals surface area contributed by atoms with E-state index in [1.165, 1.54) is 16.8 Å². The van der Waals surface area contributed by atoms with Crippen molar-refractivity contribution >= 4 is 51.7 Å². The van der Waals surface area contributed by atoms with Gasteiger partial charge in [-0.25, -0.2) is 9.97 Å². The lowest BCUT2D eigenvalue weighted by Crippen LogP contribution is -2.35. The molecule has 3 aromatic rings. The fourth-order valence-electron chi connectivity index (χ4n) is 5.73. The lowest BCUT2D eigenvalue weighted by molar-refractivity contribution is -0.140. The van der Waals surface area contributed by atoms with Crippen LogP contribution in [0.15, 0.2) is 30.5 Å². The van der Waals surface area contributed by atoms with E-state index in [9.17, 15) is 19.5 Å². The Morgan fingerprint density at radius 3 is 2.70 bits per heavy atom. The molecule has 0 spiro atoms. The molecule has 0 saturated heterocycles. The lowest BCUT2D eigenvalue weighted by Gasteiger charge is -2.25. The molecule has 1 aromatic carbocycles. The van der Waals surface area contributed by atoms with Crippen molar-refractivity contribution in [1.82, 2.24) is 9.97 Å². The van der Waals surface area contributed by atoms with Crippen LogP contribution in [0.25, 0.3) is 22.4 Å². The summed E-state index contributed by atoms with van der Waals surface area (Å²) in [6, 6.07) is 7.05. The van der Waals surface area contributed by atoms with Crippen LogP contribution in [0, 0.1) is 17.0 Å². The van der Waals surface area contributed by atoms with Gasteiger partial charge in [-0.15, -0.1) is 0 Å². The van der Waals surface area contributed by atoms with Crippen molar-refractivity contribution in [3.63, 3.8) is 0 Å². The number of aryl methyl sites for hydroxylation is 1. The van der Waals surface area contributed by atoms with Gasteiger partial charge < -0.3 is 5.11 Å². The first-order valence-corrected chi connectivity index (χ1v) is 14.5. The molecular weight excluding hydrogens is 555 g/mol. The van der Waals surface area contributed by atoms with Gasteiger partial charge in [0.05, 0.1) is 6.42 Å². The van der Waals surface area contributed by atoms with Crippen molar-refractivity contribution in [3.05, 3.63) is 46.2 Å². The zero-order valence-corrected chi connectivity index (χ0v) is 23.9. The van der Waals surface area contributed by atoms with Crippen LogP contribution in [0.4, 0.5) is 15.3 Å². The van der Waals surface area contributed by atoms with Crippen LogP contribution in [-0.4, -0.2) is 47.0 Å². The summed E-state index contributed by atoms with van der Waals surface area (Å²) in [6.45, 7) is 0. The molecule has 0 bridgehead atoms. The molecule has 5 rings (SSSR count). The van der Waals surface area contributed by atoms with Crippen LogP contribution in [-0.2, 0) is 20.8 Å². The summed E-state index contributed by atoms with van der Waals surface area (Å²) >= 11 is 7.06. The third-order valence-electron chi connectivity index (χ3n) is 7.85. The molecule has 1 atom stereocenters. The summed E-state index contributed by atoms with van der Waals surface area (Å²) < 4.78 is 15.5. The average Bonchev–Trinajstić information content (AvgIpc) is 3.58. The van der Waals surface area contributed by atoms with Crippen LogP contribution >= 0.6 is 22.9 Å². The van der Waals surface area contributed by atoms with E-state index in [-0.39, 0.29) is 29.1 Å². The van der Waals surface area contributed by atoms with Crippen molar-refractivity contribution in [1.29, 1.82) is 0 Å². The van der Waals surface area contributed by atoms with E-state index >= 15 is 4.39 Å². The quantitative estimate of drug-likeness (QED) is 0.338. The second-order valence-corrected chi connectivity index (χ2v) is 11.9. The van der Waals surface area contributed by atoms with Gasteiger partial charge in [0.15, 0.2) is 5.13 Å². The van der Waals surface area contributed by atoms with Gasteiger partial charge in [0.25, 0.3) is 0 Å². The molecule has 1 aliphatic heterocycles. The molecule has 40 heavy (non-hydrogen) atoms. The molecule has 0 radical (unpaired) electrons. The summed E-state index contributed by atoms with van der Waals surface area (Å²) in [5.41, 5.74) is 2.80. The highest BCUT2D eigenvalue weighted by Crippen LogP contribution is 2.40. The molecular formula is C29H30ClFN4O4S. The number of anilines is 2. The number of carboxylic acids is 1. The standard InChI is InChI=1S/C29H30ClFN4O4S/c1-34-23(36)10-7-17-12-19(15-32-27(17)34)21-9-8-20(30)14-22(21)25-26(31)40-29(33-25)35(2)28(39)18(13-24(37)38)11-16-5-3-4-6-16/h8-9,12,14-16,18H,3-7,10-11,13H2,1-2H3,(H,37,38)/t18-/m1/s1. The maximum Gasteiger partial charge on any atom is 0.304 e. The van der Waals surface area contributed by atoms with Crippen LogP contribution in [0.5, 0.6) is 0 Å². The second-order valence-electron chi connectivity index (χ2n) is 10.5. The maximum absolute atomic E-state index is 15.5. The topological polar surface area (TPSA) is 104 Å². The van der Waals surface area contributed by atoms with E-state index in [0.29, 0.717) is 47.1 Å². The number of rotatable bonds is 8. The Morgan fingerprint density at radius 2 is 1.98 bits per heavy atom. The fraction of sp³-hybridized carbons (Fsp3) is 0.414. The number of halogens is 2. The van der Waals surface area contributed by atoms with Gasteiger partial charge >= 0.3 is 5.97 Å². The third-order valence-corrected chi connectivity index (χ3v) is 9.00. The Kier molecular flexibility index (Phi) is 8.19. The monoisotopic (exact) mass is 584 g/mol. The van der Waals surface area contributed by atoms with E-state index in [2.05, 4.69) is 9.97 Å². The van der Waals surface area contributed by atoms with Crippen LogP contribution in [0.1, 0.15) is 50.5 Å². The van der Waals surface area contributed by atoms with Gasteiger partial charge in [0.2, 0.25) is 16.9 Å². The number of carboxylic acid groups (broad SMARTS) is 1. The zero-order valence-electron chi connectivity index (χ0n) is 22.3. The first-order chi connectivity index (χ1) is 19.1. The predicted octanol–water partition coefficient (Wildman–Crippen LogP) is 6.21. The molecule has 1 fully saturated rings. The van der Waals surface area contributed by atoms with Gasteiger partial charge in [-0.05, 0) is 48.1 Å². The molecule has 3 heterocycles. The minimum atomic E-state index is -1.03. The van der Waals surface area contributed by atoms with Crippen molar-refractivity contribution in [2.24, 2.45) is 11.8 Å². The maximum atomic E-state index is 15.5. The Balaban J connectivity index is 1.47. The number of carbonyl (C=O) groups excluding carboxylic acids is 2. The van der Waals surface area contributed by atoms with E-state index in [1.807, 2.05) is 6.07 Å². The van der Waals surface area contributed by atoms with Gasteiger partial charge in [0, 0.05) is 48.8 Å². The Labute approximate surface area is 240 Å². The van der Waals surface area contributed by atoms with Crippen molar-refractivity contribution in [2.45, 2.75) is 51.4 Å². The van der Waals surface area contributed by atoms with Crippen LogP contribution in [0.2, 0.25) is 5.02 Å². The van der Waals surface area contributed by atoms with E-state index in [4.69, 9.17) is 11.6 Å². The summed E-state index contributed by atoms with van der Waals surface area (Å²) in [7, 11) is 3.21. The number of hydrogen-bond acceptors (Lipinski definition) is 6. The SMILES string of the molecule is CN(C(=O)[C@@H](CC(=O)O)CC1CCCC1)c1nc(-c2cc(Cl)ccc2-c2cnc3c(c2)CCC(=O)N3C)c(F)s1. The van der Waals surface area contributed by atoms with E-state index in [1.54, 1.807) is 31.4 Å². The summed E-state index contributed by atoms with van der Waals surface area (Å²) in [5, 5.41) is 9.40. The Hall–Kier alpha value is -3.37. The molecule has 2 aromatic heterocycles. The third kappa shape index (κ3) is 5.74. The number of nitrogens with zero attached hydrogens (tertiary/aromatic N) is 4. The number of thiazole rings is 1. The predicted molar refractivity (Wildman–Crippen MR) is 153 cm³/mol. The van der Waals surface area contributed by atoms with Gasteiger partial charge in [0.1, 0.15) is 11.5 Å². The first-order valence-electron chi connectivity index (χ1n) is 13.3. The van der Waals surface area contributed by atoms with E-state index in [0.717, 1.165) is 48.1 Å².